The average molecular weight is 341 g/mol. The lowest BCUT2D eigenvalue weighted by molar-refractivity contribution is -0.0928. The lowest BCUT2D eigenvalue weighted by Gasteiger charge is -2.13. The number of alkyl halides is 3. The maximum atomic E-state index is 13.0. The van der Waals surface area contributed by atoms with Crippen molar-refractivity contribution in [3.63, 3.8) is 0 Å². The van der Waals surface area contributed by atoms with Gasteiger partial charge in [-0.1, -0.05) is 6.08 Å². The second kappa shape index (κ2) is 9.64. The van der Waals surface area contributed by atoms with E-state index in [-0.39, 0.29) is 0 Å². The molecular formula is C17H22F3N3O. The summed E-state index contributed by atoms with van der Waals surface area (Å²) in [4.78, 5) is 0. The summed E-state index contributed by atoms with van der Waals surface area (Å²) < 4.78 is 44.2. The van der Waals surface area contributed by atoms with Crippen molar-refractivity contribution >= 4 is 6.21 Å². The molecule has 0 saturated heterocycles. The van der Waals surface area contributed by atoms with Crippen LogP contribution in [0.25, 0.3) is 0 Å². The molecule has 0 aromatic rings. The fourth-order valence-electron chi connectivity index (χ4n) is 1.66. The molecule has 132 valence electrons. The Hall–Kier alpha value is -2.44. The lowest BCUT2D eigenvalue weighted by Crippen LogP contribution is -2.16. The molecule has 24 heavy (non-hydrogen) atoms. The molecular weight excluding hydrogens is 319 g/mol. The van der Waals surface area contributed by atoms with Crippen molar-refractivity contribution in [3.8, 4) is 0 Å². The van der Waals surface area contributed by atoms with Gasteiger partial charge in [-0.2, -0.15) is 13.2 Å². The predicted octanol–water partition coefficient (Wildman–Crippen LogP) is 3.91. The number of nitrogens with two attached hydrogens (primary N) is 1. The molecule has 1 aliphatic carbocycles. The van der Waals surface area contributed by atoms with Gasteiger partial charge in [0.25, 0.3) is 0 Å². The first kappa shape index (κ1) is 19.6. The normalized spacial score (nSPS) is 17.6. The maximum absolute atomic E-state index is 13.0. The molecule has 4 nitrogen and oxygen atoms in total. The molecule has 0 radical (unpaired) electrons. The third-order valence-corrected chi connectivity index (χ3v) is 3.13. The third-order valence-electron chi connectivity index (χ3n) is 3.13. The zero-order chi connectivity index (χ0) is 18.0. The summed E-state index contributed by atoms with van der Waals surface area (Å²) in [6.45, 7) is 2.46. The van der Waals surface area contributed by atoms with Crippen LogP contribution in [0.3, 0.4) is 0 Å². The molecule has 0 atom stereocenters. The molecule has 0 heterocycles. The number of rotatable bonds is 9. The fourth-order valence-corrected chi connectivity index (χ4v) is 1.66. The molecule has 1 saturated carbocycles. The Morgan fingerprint density at radius 1 is 1.33 bits per heavy atom. The zero-order valence-corrected chi connectivity index (χ0v) is 13.4. The molecule has 0 spiro atoms. The molecule has 1 fully saturated rings. The van der Waals surface area contributed by atoms with Crippen LogP contribution in [0, 0.1) is 11.3 Å². The van der Waals surface area contributed by atoms with Gasteiger partial charge in [0.05, 0.1) is 6.26 Å². The highest BCUT2D eigenvalue weighted by Crippen LogP contribution is 2.31. The Kier molecular flexibility index (Phi) is 7.88. The standard InChI is InChI=1S/C17H22F3N3O/c1-13(4-2-8-21)12-24-16(15(10-22)17(18,19)20)5-3-9-23-11-14-6-7-14/h2-5,8-10,12,14,21,23H,6-7,11,22H2,1H3/b4-2-,9-3+,13-12+,15-10-,16-5+,21-8?. The Morgan fingerprint density at radius 3 is 2.58 bits per heavy atom. The van der Waals surface area contributed by atoms with Gasteiger partial charge in [0.2, 0.25) is 0 Å². The number of allylic oxidation sites excluding steroid dienone is 6. The van der Waals surface area contributed by atoms with Crippen molar-refractivity contribution in [2.75, 3.05) is 6.54 Å². The van der Waals surface area contributed by atoms with E-state index in [9.17, 15) is 13.2 Å². The van der Waals surface area contributed by atoms with Crippen molar-refractivity contribution in [2.24, 2.45) is 11.7 Å². The second-order valence-electron chi connectivity index (χ2n) is 5.33. The molecule has 0 aromatic heterocycles. The van der Waals surface area contributed by atoms with Crippen LogP contribution in [0.5, 0.6) is 0 Å². The maximum Gasteiger partial charge on any atom is 0.421 e. The van der Waals surface area contributed by atoms with Crippen molar-refractivity contribution < 1.29 is 17.9 Å². The molecule has 7 heteroatoms. The van der Waals surface area contributed by atoms with Crippen LogP contribution in [0.4, 0.5) is 13.2 Å². The number of hydrogen-bond acceptors (Lipinski definition) is 4. The van der Waals surface area contributed by atoms with Crippen LogP contribution >= 0.6 is 0 Å². The van der Waals surface area contributed by atoms with Crippen LogP contribution in [-0.4, -0.2) is 18.9 Å². The van der Waals surface area contributed by atoms with E-state index in [1.807, 2.05) is 0 Å². The first-order valence-corrected chi connectivity index (χ1v) is 7.48. The quantitative estimate of drug-likeness (QED) is 0.338. The minimum absolute atomic E-state index is 0.405. The fraction of sp³-hybridized carbons (Fsp3) is 0.353. The summed E-state index contributed by atoms with van der Waals surface area (Å²) in [6.07, 6.45) is 7.67. The first-order chi connectivity index (χ1) is 11.4. The average Bonchev–Trinajstić information content (AvgIpc) is 3.33. The number of ether oxygens (including phenoxy) is 1. The van der Waals surface area contributed by atoms with Crippen molar-refractivity contribution in [3.05, 3.63) is 59.9 Å². The lowest BCUT2D eigenvalue weighted by atomic mass is 10.2. The molecule has 0 amide bonds. The number of nitrogens with one attached hydrogen (secondary N) is 2. The van der Waals surface area contributed by atoms with Crippen LogP contribution in [0.2, 0.25) is 0 Å². The van der Waals surface area contributed by atoms with Crippen molar-refractivity contribution in [1.29, 1.82) is 5.41 Å². The summed E-state index contributed by atoms with van der Waals surface area (Å²) in [5.41, 5.74) is 4.61. The Balaban J connectivity index is 2.84. The van der Waals surface area contributed by atoms with Gasteiger partial charge in [-0.05, 0) is 55.7 Å². The second-order valence-corrected chi connectivity index (χ2v) is 5.33. The summed E-state index contributed by atoms with van der Waals surface area (Å²) >= 11 is 0. The smallest absolute Gasteiger partial charge is 0.421 e. The number of halogens is 3. The molecule has 1 rings (SSSR count). The molecule has 0 bridgehead atoms. The third kappa shape index (κ3) is 7.71. The van der Waals surface area contributed by atoms with E-state index < -0.39 is 17.5 Å². The van der Waals surface area contributed by atoms with Crippen LogP contribution in [0.1, 0.15) is 19.8 Å². The van der Waals surface area contributed by atoms with Crippen LogP contribution in [0.15, 0.2) is 59.9 Å². The van der Waals surface area contributed by atoms with E-state index in [1.165, 1.54) is 43.4 Å². The van der Waals surface area contributed by atoms with E-state index in [4.69, 9.17) is 15.9 Å². The van der Waals surface area contributed by atoms with E-state index >= 15 is 0 Å². The topological polar surface area (TPSA) is 71.1 Å². The predicted molar refractivity (Wildman–Crippen MR) is 89.0 cm³/mol. The first-order valence-electron chi connectivity index (χ1n) is 7.48. The Labute approximate surface area is 139 Å². The van der Waals surface area contributed by atoms with Gasteiger partial charge in [-0.3, -0.25) is 0 Å². The SMILES string of the molecule is CC(/C=C\C=N)=C\OC(=C/C=C/NCC1CC1)/C(=C/N)C(F)(F)F. The van der Waals surface area contributed by atoms with Gasteiger partial charge in [0, 0.05) is 19.0 Å². The Morgan fingerprint density at radius 2 is 2.04 bits per heavy atom. The van der Waals surface area contributed by atoms with E-state index in [0.29, 0.717) is 17.7 Å². The van der Waals surface area contributed by atoms with Crippen LogP contribution in [-0.2, 0) is 4.74 Å². The molecule has 0 aromatic carbocycles. The highest BCUT2D eigenvalue weighted by atomic mass is 19.4. The van der Waals surface area contributed by atoms with Gasteiger partial charge in [0.1, 0.15) is 11.3 Å². The number of hydrogen-bond donors (Lipinski definition) is 3. The van der Waals surface area contributed by atoms with E-state index in [2.05, 4.69) is 5.32 Å². The Bertz CT molecular complexity index is 568. The summed E-state index contributed by atoms with van der Waals surface area (Å²) in [5, 5.41) is 9.90. The highest BCUT2D eigenvalue weighted by molar-refractivity contribution is 5.68. The zero-order valence-electron chi connectivity index (χ0n) is 13.4. The monoisotopic (exact) mass is 341 g/mol. The summed E-state index contributed by atoms with van der Waals surface area (Å²) in [7, 11) is 0. The molecule has 0 aliphatic heterocycles. The van der Waals surface area contributed by atoms with E-state index in [1.54, 1.807) is 13.1 Å². The minimum Gasteiger partial charge on any atom is -0.464 e. The minimum atomic E-state index is -4.62. The largest absolute Gasteiger partial charge is 0.464 e. The summed E-state index contributed by atoms with van der Waals surface area (Å²) in [5.74, 6) is 0.257. The molecule has 0 unspecified atom stereocenters. The van der Waals surface area contributed by atoms with Gasteiger partial charge in [0.15, 0.2) is 0 Å². The van der Waals surface area contributed by atoms with Gasteiger partial charge in [-0.15, -0.1) is 0 Å². The van der Waals surface area contributed by atoms with E-state index in [0.717, 1.165) is 12.8 Å². The van der Waals surface area contributed by atoms with Crippen LogP contribution < -0.4 is 11.1 Å². The van der Waals surface area contributed by atoms with Gasteiger partial charge >= 0.3 is 6.18 Å². The van der Waals surface area contributed by atoms with Gasteiger partial charge < -0.3 is 21.2 Å². The highest BCUT2D eigenvalue weighted by Gasteiger charge is 2.36. The van der Waals surface area contributed by atoms with Gasteiger partial charge in [-0.25, -0.2) is 0 Å². The summed E-state index contributed by atoms with van der Waals surface area (Å²) in [6, 6.07) is 0. The van der Waals surface area contributed by atoms with Crippen molar-refractivity contribution in [2.45, 2.75) is 25.9 Å². The van der Waals surface area contributed by atoms with Crippen molar-refractivity contribution in [1.82, 2.24) is 5.32 Å². The molecule has 4 N–H and O–H groups in total. The molecule has 1 aliphatic rings.